The number of aliphatic imine (C=N–C) groups is 1. The maximum Gasteiger partial charge on any atom is 0.191 e. The van der Waals surface area contributed by atoms with E-state index in [1.54, 1.807) is 0 Å². The molecule has 5 nitrogen and oxygen atoms in total. The minimum atomic E-state index is 0. The molecule has 1 aromatic carbocycles. The standard InChI is InChI=1S/C17H22N4O.HI/c1-18-17(21-15-9-13-6-7-16(15)22-13)19-10-12-8-11-4-2-3-5-14(11)20-12;/h2-5,8,13,15-16,20H,6-7,9-10H2,1H3,(H2,18,19,21);1H. The fourth-order valence-corrected chi connectivity index (χ4v) is 3.57. The van der Waals surface area contributed by atoms with Gasteiger partial charge in [-0.1, -0.05) is 18.2 Å². The second-order valence-corrected chi connectivity index (χ2v) is 6.17. The third-order valence-electron chi connectivity index (χ3n) is 4.68. The van der Waals surface area contributed by atoms with E-state index in [0.717, 1.165) is 24.6 Å². The summed E-state index contributed by atoms with van der Waals surface area (Å²) in [5.41, 5.74) is 2.33. The van der Waals surface area contributed by atoms with Crippen molar-refractivity contribution < 1.29 is 4.74 Å². The summed E-state index contributed by atoms with van der Waals surface area (Å²) >= 11 is 0. The first-order valence-electron chi connectivity index (χ1n) is 8.01. The van der Waals surface area contributed by atoms with Crippen LogP contribution in [0.4, 0.5) is 0 Å². The van der Waals surface area contributed by atoms with Gasteiger partial charge in [0.05, 0.1) is 24.8 Å². The van der Waals surface area contributed by atoms with E-state index in [4.69, 9.17) is 4.74 Å². The van der Waals surface area contributed by atoms with Gasteiger partial charge in [0.25, 0.3) is 0 Å². The van der Waals surface area contributed by atoms with E-state index in [1.807, 2.05) is 13.1 Å². The largest absolute Gasteiger partial charge is 0.373 e. The Labute approximate surface area is 153 Å². The summed E-state index contributed by atoms with van der Waals surface area (Å²) in [5.74, 6) is 0.847. The van der Waals surface area contributed by atoms with Gasteiger partial charge in [-0.3, -0.25) is 4.99 Å². The zero-order chi connectivity index (χ0) is 14.9. The molecule has 2 saturated heterocycles. The summed E-state index contributed by atoms with van der Waals surface area (Å²) in [7, 11) is 1.81. The van der Waals surface area contributed by atoms with Crippen molar-refractivity contribution in [3.8, 4) is 0 Å². The molecule has 2 aliphatic rings. The summed E-state index contributed by atoms with van der Waals surface area (Å²) in [6, 6.07) is 10.9. The molecule has 2 bridgehead atoms. The number of H-pyrrole nitrogens is 1. The van der Waals surface area contributed by atoms with E-state index in [1.165, 1.54) is 23.7 Å². The number of nitrogens with zero attached hydrogens (tertiary/aromatic N) is 1. The van der Waals surface area contributed by atoms with Crippen LogP contribution in [0.5, 0.6) is 0 Å². The molecule has 0 saturated carbocycles. The summed E-state index contributed by atoms with van der Waals surface area (Å²) in [6.07, 6.45) is 4.29. The number of para-hydroxylation sites is 1. The van der Waals surface area contributed by atoms with Crippen LogP contribution in [0.25, 0.3) is 10.9 Å². The van der Waals surface area contributed by atoms with Crippen molar-refractivity contribution in [1.29, 1.82) is 0 Å². The van der Waals surface area contributed by atoms with Crippen molar-refractivity contribution in [2.45, 2.75) is 44.1 Å². The molecule has 3 atom stereocenters. The normalized spacial score (nSPS) is 26.3. The molecule has 124 valence electrons. The van der Waals surface area contributed by atoms with Crippen LogP contribution in [0, 0.1) is 0 Å². The number of aromatic nitrogens is 1. The Morgan fingerprint density at radius 1 is 1.35 bits per heavy atom. The van der Waals surface area contributed by atoms with Crippen LogP contribution in [0.2, 0.25) is 0 Å². The van der Waals surface area contributed by atoms with E-state index in [-0.39, 0.29) is 24.0 Å². The van der Waals surface area contributed by atoms with Gasteiger partial charge >= 0.3 is 0 Å². The SMILES string of the molecule is CN=C(NCc1cc2ccccc2[nH]1)NC1CC2CCC1O2.I. The van der Waals surface area contributed by atoms with Gasteiger partial charge in [-0.25, -0.2) is 0 Å². The van der Waals surface area contributed by atoms with Crippen LogP contribution >= 0.6 is 24.0 Å². The van der Waals surface area contributed by atoms with Gasteiger partial charge in [0, 0.05) is 18.3 Å². The molecule has 6 heteroatoms. The summed E-state index contributed by atoms with van der Waals surface area (Å²) in [5, 5.41) is 8.13. The van der Waals surface area contributed by atoms with E-state index in [9.17, 15) is 0 Å². The van der Waals surface area contributed by atoms with Gasteiger partial charge in [0.2, 0.25) is 0 Å². The smallest absolute Gasteiger partial charge is 0.191 e. The first-order valence-corrected chi connectivity index (χ1v) is 8.01. The minimum absolute atomic E-state index is 0. The number of ether oxygens (including phenoxy) is 1. The molecule has 2 aromatic rings. The number of rotatable bonds is 3. The van der Waals surface area contributed by atoms with Gasteiger partial charge < -0.3 is 20.4 Å². The van der Waals surface area contributed by atoms with Crippen molar-refractivity contribution in [3.05, 3.63) is 36.0 Å². The minimum Gasteiger partial charge on any atom is -0.373 e. The number of fused-ring (bicyclic) bond motifs is 3. The average Bonchev–Trinajstić information content (AvgIpc) is 3.25. The molecule has 3 unspecified atom stereocenters. The molecule has 3 N–H and O–H groups in total. The highest BCUT2D eigenvalue weighted by Gasteiger charge is 2.41. The Kier molecular flexibility index (Phi) is 5.11. The van der Waals surface area contributed by atoms with E-state index in [0.29, 0.717) is 18.2 Å². The van der Waals surface area contributed by atoms with Gasteiger partial charge in [-0.15, -0.1) is 24.0 Å². The van der Waals surface area contributed by atoms with Crippen molar-refractivity contribution in [2.24, 2.45) is 4.99 Å². The Hall–Kier alpha value is -1.28. The average molecular weight is 426 g/mol. The van der Waals surface area contributed by atoms with Crippen LogP contribution in [0.3, 0.4) is 0 Å². The van der Waals surface area contributed by atoms with Crippen LogP contribution in [-0.2, 0) is 11.3 Å². The number of benzene rings is 1. The number of aromatic amines is 1. The fourth-order valence-electron chi connectivity index (χ4n) is 3.57. The Bertz CT molecular complexity index is 666. The predicted molar refractivity (Wildman–Crippen MR) is 103 cm³/mol. The first-order chi connectivity index (χ1) is 10.8. The molecule has 2 fully saturated rings. The number of hydrogen-bond donors (Lipinski definition) is 3. The van der Waals surface area contributed by atoms with Crippen LogP contribution in [-0.4, -0.2) is 36.2 Å². The van der Waals surface area contributed by atoms with Crippen molar-refractivity contribution in [1.82, 2.24) is 15.6 Å². The molecule has 0 radical (unpaired) electrons. The van der Waals surface area contributed by atoms with Crippen molar-refractivity contribution in [2.75, 3.05) is 7.05 Å². The maximum absolute atomic E-state index is 5.88. The molecule has 4 rings (SSSR count). The zero-order valence-electron chi connectivity index (χ0n) is 13.2. The maximum atomic E-state index is 5.88. The summed E-state index contributed by atoms with van der Waals surface area (Å²) < 4.78 is 5.88. The summed E-state index contributed by atoms with van der Waals surface area (Å²) in [4.78, 5) is 7.75. The van der Waals surface area contributed by atoms with Crippen molar-refractivity contribution in [3.63, 3.8) is 0 Å². The lowest BCUT2D eigenvalue weighted by atomic mass is 9.96. The lowest BCUT2D eigenvalue weighted by molar-refractivity contribution is 0.0992. The second-order valence-electron chi connectivity index (χ2n) is 6.17. The topological polar surface area (TPSA) is 61.4 Å². The Morgan fingerprint density at radius 2 is 2.22 bits per heavy atom. The monoisotopic (exact) mass is 426 g/mol. The highest BCUT2D eigenvalue weighted by atomic mass is 127. The molecule has 0 spiro atoms. The fraction of sp³-hybridized carbons (Fsp3) is 0.471. The lowest BCUT2D eigenvalue weighted by Crippen LogP contribution is -2.47. The van der Waals surface area contributed by atoms with Crippen LogP contribution in [0.15, 0.2) is 35.3 Å². The third kappa shape index (κ3) is 3.47. The van der Waals surface area contributed by atoms with E-state index in [2.05, 4.69) is 44.9 Å². The number of hydrogen-bond acceptors (Lipinski definition) is 2. The number of nitrogens with one attached hydrogen (secondary N) is 3. The molecule has 0 amide bonds. The highest BCUT2D eigenvalue weighted by molar-refractivity contribution is 14.0. The van der Waals surface area contributed by atoms with Crippen LogP contribution < -0.4 is 10.6 Å². The van der Waals surface area contributed by atoms with Gasteiger partial charge in [0.1, 0.15) is 0 Å². The number of halogens is 1. The lowest BCUT2D eigenvalue weighted by Gasteiger charge is -2.22. The number of guanidine groups is 1. The van der Waals surface area contributed by atoms with E-state index >= 15 is 0 Å². The highest BCUT2D eigenvalue weighted by Crippen LogP contribution is 2.34. The van der Waals surface area contributed by atoms with Gasteiger partial charge in [-0.2, -0.15) is 0 Å². The van der Waals surface area contributed by atoms with Crippen molar-refractivity contribution >= 4 is 40.8 Å². The Morgan fingerprint density at radius 3 is 2.91 bits per heavy atom. The zero-order valence-corrected chi connectivity index (χ0v) is 15.5. The first kappa shape index (κ1) is 16.6. The second kappa shape index (κ2) is 7.09. The van der Waals surface area contributed by atoms with Crippen LogP contribution in [0.1, 0.15) is 25.0 Å². The Balaban J connectivity index is 0.00000156. The molecule has 1 aromatic heterocycles. The summed E-state index contributed by atoms with van der Waals surface area (Å²) in [6.45, 7) is 0.732. The molecule has 2 aliphatic heterocycles. The quantitative estimate of drug-likeness (QED) is 0.402. The predicted octanol–water partition coefficient (Wildman–Crippen LogP) is 2.77. The molecule has 0 aliphatic carbocycles. The van der Waals surface area contributed by atoms with E-state index < -0.39 is 0 Å². The molecule has 23 heavy (non-hydrogen) atoms. The van der Waals surface area contributed by atoms with Gasteiger partial charge in [-0.05, 0) is 36.8 Å². The van der Waals surface area contributed by atoms with Gasteiger partial charge in [0.15, 0.2) is 5.96 Å². The molecular weight excluding hydrogens is 403 g/mol. The molecular formula is C17H23IN4O. The molecule has 3 heterocycles. The third-order valence-corrected chi connectivity index (χ3v) is 4.68.